The largest absolute Gasteiger partial charge is 0.266 e. The second-order valence-electron chi connectivity index (χ2n) is 3.90. The molecule has 2 rings (SSSR count). The number of rotatable bonds is 4. The van der Waals surface area contributed by atoms with Crippen LogP contribution >= 0.6 is 0 Å². The summed E-state index contributed by atoms with van der Waals surface area (Å²) in [7, 11) is -4.67. The molecule has 0 unspecified atom stereocenters. The molecule has 2 aromatic heterocycles. The maximum atomic E-state index is 12.9. The van der Waals surface area contributed by atoms with Crippen LogP contribution in [0, 0.1) is 0 Å². The third-order valence-corrected chi connectivity index (χ3v) is 4.28. The van der Waals surface area contributed by atoms with Crippen molar-refractivity contribution in [1.82, 2.24) is 9.97 Å². The molecule has 0 amide bonds. The molecule has 0 fully saturated rings. The quantitative estimate of drug-likeness (QED) is 0.812. The van der Waals surface area contributed by atoms with Crippen LogP contribution in [0.1, 0.15) is 24.0 Å². The van der Waals surface area contributed by atoms with E-state index >= 15 is 0 Å². The first kappa shape index (κ1) is 15.4. The Labute approximate surface area is 117 Å². The van der Waals surface area contributed by atoms with Gasteiger partial charge in [0.25, 0.3) is 12.9 Å². The molecule has 0 aromatic carbocycles. The molecular formula is C12H8F4N2O2S. The molecule has 21 heavy (non-hydrogen) atoms. The van der Waals surface area contributed by atoms with Crippen molar-refractivity contribution in [1.29, 1.82) is 0 Å². The zero-order chi connectivity index (χ0) is 15.6. The van der Waals surface area contributed by atoms with Gasteiger partial charge in [-0.3, -0.25) is 0 Å². The van der Waals surface area contributed by atoms with Crippen LogP contribution in [0.3, 0.4) is 0 Å². The van der Waals surface area contributed by atoms with Crippen LogP contribution < -0.4 is 0 Å². The van der Waals surface area contributed by atoms with Crippen LogP contribution in [0.4, 0.5) is 17.6 Å². The van der Waals surface area contributed by atoms with E-state index in [1.165, 1.54) is 0 Å². The summed E-state index contributed by atoms with van der Waals surface area (Å²) in [4.78, 5) is 6.79. The fraction of sp³-hybridized carbons (Fsp3) is 0.167. The molecule has 0 aliphatic heterocycles. The minimum Gasteiger partial charge on any atom is -0.244 e. The Morgan fingerprint density at radius 1 is 0.810 bits per heavy atom. The number of hydrogen-bond donors (Lipinski definition) is 0. The van der Waals surface area contributed by atoms with E-state index < -0.39 is 43.9 Å². The third kappa shape index (κ3) is 2.87. The predicted molar refractivity (Wildman–Crippen MR) is 63.8 cm³/mol. The summed E-state index contributed by atoms with van der Waals surface area (Å²) in [6, 6.07) is 4.00. The van der Waals surface area contributed by atoms with Crippen LogP contribution in [0.25, 0.3) is 0 Å². The molecule has 112 valence electrons. The maximum absolute atomic E-state index is 12.9. The van der Waals surface area contributed by atoms with Crippen molar-refractivity contribution in [3.05, 3.63) is 47.8 Å². The summed E-state index contributed by atoms with van der Waals surface area (Å²) in [5, 5.41) is -1.94. The zero-order valence-electron chi connectivity index (χ0n) is 10.2. The molecule has 0 N–H and O–H groups in total. The molecule has 0 bridgehead atoms. The molecule has 0 radical (unpaired) electrons. The minimum atomic E-state index is -4.67. The molecule has 0 saturated carbocycles. The lowest BCUT2D eigenvalue weighted by molar-refractivity contribution is 0.146. The summed E-state index contributed by atoms with van der Waals surface area (Å²) < 4.78 is 76.0. The van der Waals surface area contributed by atoms with E-state index in [0.717, 1.165) is 36.7 Å². The Balaban J connectivity index is 2.70. The fourth-order valence-corrected chi connectivity index (χ4v) is 3.20. The van der Waals surface area contributed by atoms with Gasteiger partial charge < -0.3 is 0 Å². The van der Waals surface area contributed by atoms with Crippen LogP contribution in [0.2, 0.25) is 0 Å². The van der Waals surface area contributed by atoms with Gasteiger partial charge >= 0.3 is 0 Å². The first-order valence-corrected chi connectivity index (χ1v) is 7.05. The van der Waals surface area contributed by atoms with Crippen molar-refractivity contribution in [2.75, 3.05) is 0 Å². The highest BCUT2D eigenvalue weighted by atomic mass is 32.2. The Morgan fingerprint density at radius 3 is 1.52 bits per heavy atom. The van der Waals surface area contributed by atoms with Crippen LogP contribution in [-0.2, 0) is 9.84 Å². The molecule has 4 nitrogen and oxygen atoms in total. The minimum absolute atomic E-state index is 0.858. The van der Waals surface area contributed by atoms with Gasteiger partial charge in [0.05, 0.1) is 11.1 Å². The highest BCUT2D eigenvalue weighted by Crippen LogP contribution is 2.32. The Bertz CT molecular complexity index is 693. The highest BCUT2D eigenvalue weighted by molar-refractivity contribution is 7.91. The topological polar surface area (TPSA) is 59.9 Å². The van der Waals surface area contributed by atoms with E-state index in [4.69, 9.17) is 0 Å². The molecule has 2 heterocycles. The van der Waals surface area contributed by atoms with E-state index in [1.807, 2.05) is 0 Å². The molecule has 0 atom stereocenters. The summed E-state index contributed by atoms with van der Waals surface area (Å²) >= 11 is 0. The van der Waals surface area contributed by atoms with Gasteiger partial charge in [-0.2, -0.15) is 0 Å². The first-order valence-electron chi connectivity index (χ1n) is 5.57. The summed E-state index contributed by atoms with van der Waals surface area (Å²) in [6.07, 6.45) is -4.24. The van der Waals surface area contributed by atoms with Crippen LogP contribution in [0.5, 0.6) is 0 Å². The zero-order valence-corrected chi connectivity index (χ0v) is 11.1. The Hall–Kier alpha value is -2.03. The van der Waals surface area contributed by atoms with Gasteiger partial charge in [-0.15, -0.1) is 0 Å². The first-order chi connectivity index (χ1) is 9.85. The third-order valence-electron chi connectivity index (χ3n) is 2.58. The number of sulfone groups is 1. The normalized spacial score (nSPS) is 12.1. The Kier molecular flexibility index (Phi) is 4.21. The van der Waals surface area contributed by atoms with E-state index in [-0.39, 0.29) is 0 Å². The number of pyridine rings is 2. The van der Waals surface area contributed by atoms with Gasteiger partial charge in [-0.25, -0.2) is 35.9 Å². The molecule has 2 aromatic rings. The van der Waals surface area contributed by atoms with E-state index in [9.17, 15) is 26.0 Å². The molecule has 0 aliphatic carbocycles. The fourth-order valence-electron chi connectivity index (χ4n) is 1.68. The summed E-state index contributed by atoms with van der Waals surface area (Å²) in [5.74, 6) is 0. The van der Waals surface area contributed by atoms with Crippen molar-refractivity contribution in [3.8, 4) is 0 Å². The number of aromatic nitrogens is 2. The van der Waals surface area contributed by atoms with E-state index in [2.05, 4.69) is 9.97 Å². The lowest BCUT2D eigenvalue weighted by Gasteiger charge is -2.11. The van der Waals surface area contributed by atoms with Crippen molar-refractivity contribution < 1.29 is 26.0 Å². The summed E-state index contributed by atoms with van der Waals surface area (Å²) in [5.41, 5.74) is -1.72. The molecule has 0 spiro atoms. The van der Waals surface area contributed by atoms with Gasteiger partial charge in [0.15, 0.2) is 10.1 Å². The predicted octanol–water partition coefficient (Wildman–Crippen LogP) is 3.18. The SMILES string of the molecule is O=S(=O)(c1ncccc1C(F)F)c1ncccc1C(F)F. The van der Waals surface area contributed by atoms with Crippen molar-refractivity contribution in [2.45, 2.75) is 22.9 Å². The molecule has 9 heteroatoms. The standard InChI is InChI=1S/C12H8F4N2O2S/c13-9(14)7-3-1-5-17-11(7)21(19,20)12-8(10(15)16)4-2-6-18-12/h1-6,9-10H. The van der Waals surface area contributed by atoms with Gasteiger partial charge in [0.1, 0.15) is 0 Å². The molecule has 0 saturated heterocycles. The second kappa shape index (κ2) is 5.76. The van der Waals surface area contributed by atoms with Gasteiger partial charge in [0.2, 0.25) is 9.84 Å². The Morgan fingerprint density at radius 2 is 1.19 bits per heavy atom. The average molecular weight is 320 g/mol. The maximum Gasteiger partial charge on any atom is 0.266 e. The van der Waals surface area contributed by atoms with Crippen molar-refractivity contribution in [2.24, 2.45) is 0 Å². The van der Waals surface area contributed by atoms with Gasteiger partial charge in [0, 0.05) is 12.4 Å². The lowest BCUT2D eigenvalue weighted by atomic mass is 10.3. The molecule has 0 aliphatic rings. The van der Waals surface area contributed by atoms with E-state index in [1.54, 1.807) is 0 Å². The monoisotopic (exact) mass is 320 g/mol. The average Bonchev–Trinajstić information content (AvgIpc) is 2.47. The number of alkyl halides is 4. The van der Waals surface area contributed by atoms with Crippen LogP contribution in [-0.4, -0.2) is 18.4 Å². The summed E-state index contributed by atoms with van der Waals surface area (Å²) in [6.45, 7) is 0. The highest BCUT2D eigenvalue weighted by Gasteiger charge is 2.31. The number of halogens is 4. The van der Waals surface area contributed by atoms with Gasteiger partial charge in [-0.1, -0.05) is 0 Å². The van der Waals surface area contributed by atoms with Crippen molar-refractivity contribution in [3.63, 3.8) is 0 Å². The van der Waals surface area contributed by atoms with Crippen molar-refractivity contribution >= 4 is 9.84 Å². The van der Waals surface area contributed by atoms with E-state index in [0.29, 0.717) is 0 Å². The van der Waals surface area contributed by atoms with Gasteiger partial charge in [-0.05, 0) is 24.3 Å². The van der Waals surface area contributed by atoms with Crippen LogP contribution in [0.15, 0.2) is 46.7 Å². The smallest absolute Gasteiger partial charge is 0.244 e. The second-order valence-corrected chi connectivity index (χ2v) is 5.68. The molecular weight excluding hydrogens is 312 g/mol. The number of hydrogen-bond acceptors (Lipinski definition) is 4. The lowest BCUT2D eigenvalue weighted by Crippen LogP contribution is -2.12. The number of nitrogens with zero attached hydrogens (tertiary/aromatic N) is 2.